The van der Waals surface area contributed by atoms with E-state index in [4.69, 9.17) is 4.74 Å². The first kappa shape index (κ1) is 15.0. The van der Waals surface area contributed by atoms with Crippen molar-refractivity contribution < 1.29 is 23.9 Å². The quantitative estimate of drug-likeness (QED) is 0.673. The molecular weight excluding hydrogens is 234 g/mol. The second-order valence-corrected chi connectivity index (χ2v) is 6.01. The number of carbonyl (C=O) groups is 2. The number of amides is 2. The molecule has 1 aliphatic heterocycles. The van der Waals surface area contributed by atoms with Gasteiger partial charge in [0.2, 0.25) is 0 Å². The fraction of sp³-hybridized carbons (Fsp3) is 0.846. The zero-order chi connectivity index (χ0) is 14.0. The zero-order valence-electron chi connectivity index (χ0n) is 11.7. The summed E-state index contributed by atoms with van der Waals surface area (Å²) in [6.07, 6.45) is 0.422. The Morgan fingerprint density at radius 2 is 1.78 bits per heavy atom. The summed E-state index contributed by atoms with van der Waals surface area (Å²) < 4.78 is 4.54. The molecule has 0 radical (unpaired) electrons. The highest BCUT2D eigenvalue weighted by molar-refractivity contribution is 5.74. The summed E-state index contributed by atoms with van der Waals surface area (Å²) in [5, 5.41) is 11.4. The third-order valence-electron chi connectivity index (χ3n) is 3.51. The fourth-order valence-corrected chi connectivity index (χ4v) is 2.26. The van der Waals surface area contributed by atoms with Gasteiger partial charge in [0, 0.05) is 12.8 Å². The Kier molecular flexibility index (Phi) is 4.37. The Hall–Kier alpha value is -1.10. The van der Waals surface area contributed by atoms with E-state index in [2.05, 4.69) is 6.92 Å². The van der Waals surface area contributed by atoms with Crippen LogP contribution in [0.1, 0.15) is 47.0 Å². The SMILES string of the molecule is CCC1CC[N+](C(=O)[O-])(C(=O)OC(C)(C)C)CC1. The molecule has 5 nitrogen and oxygen atoms in total. The molecule has 1 heterocycles. The molecule has 0 saturated carbocycles. The Morgan fingerprint density at radius 1 is 1.28 bits per heavy atom. The van der Waals surface area contributed by atoms with Crippen molar-refractivity contribution in [1.82, 2.24) is 0 Å². The molecule has 1 fully saturated rings. The molecular formula is C13H23NO4. The lowest BCUT2D eigenvalue weighted by molar-refractivity contribution is -0.815. The fourth-order valence-electron chi connectivity index (χ4n) is 2.26. The molecule has 104 valence electrons. The number of ether oxygens (including phenoxy) is 1. The van der Waals surface area contributed by atoms with Crippen molar-refractivity contribution in [3.05, 3.63) is 0 Å². The summed E-state index contributed by atoms with van der Waals surface area (Å²) in [5.41, 5.74) is -0.681. The van der Waals surface area contributed by atoms with Crippen molar-refractivity contribution in [3.8, 4) is 0 Å². The van der Waals surface area contributed by atoms with Crippen molar-refractivity contribution in [2.45, 2.75) is 52.6 Å². The van der Waals surface area contributed by atoms with Gasteiger partial charge in [0.05, 0.1) is 13.1 Å². The minimum absolute atomic E-state index is 0.274. The number of carbonyl (C=O) groups excluding carboxylic acids is 2. The molecule has 1 rings (SSSR count). The molecule has 0 atom stereocenters. The first-order valence-electron chi connectivity index (χ1n) is 6.53. The summed E-state index contributed by atoms with van der Waals surface area (Å²) in [5.74, 6) is 0.498. The van der Waals surface area contributed by atoms with Crippen molar-refractivity contribution in [1.29, 1.82) is 0 Å². The normalized spacial score (nSPS) is 28.8. The lowest BCUT2D eigenvalue weighted by Crippen LogP contribution is -2.65. The van der Waals surface area contributed by atoms with Crippen molar-refractivity contribution in [2.24, 2.45) is 5.92 Å². The van der Waals surface area contributed by atoms with Gasteiger partial charge < -0.3 is 14.6 Å². The smallest absolute Gasteiger partial charge is 0.498 e. The van der Waals surface area contributed by atoms with Crippen LogP contribution in [0.4, 0.5) is 9.59 Å². The number of quaternary nitrogens is 1. The van der Waals surface area contributed by atoms with Crippen LogP contribution >= 0.6 is 0 Å². The summed E-state index contributed by atoms with van der Waals surface area (Å²) in [7, 11) is 0. The van der Waals surface area contributed by atoms with Crippen LogP contribution in [-0.2, 0) is 4.74 Å². The largest absolute Gasteiger partial charge is 0.522 e. The zero-order valence-corrected chi connectivity index (χ0v) is 11.7. The van der Waals surface area contributed by atoms with Gasteiger partial charge in [-0.05, 0) is 26.7 Å². The molecule has 18 heavy (non-hydrogen) atoms. The van der Waals surface area contributed by atoms with E-state index in [1.165, 1.54) is 0 Å². The molecule has 0 N–H and O–H groups in total. The van der Waals surface area contributed by atoms with Gasteiger partial charge >= 0.3 is 6.09 Å². The average Bonchev–Trinajstić information content (AvgIpc) is 2.26. The average molecular weight is 257 g/mol. The molecule has 0 aromatic rings. The monoisotopic (exact) mass is 257 g/mol. The van der Waals surface area contributed by atoms with Crippen LogP contribution in [0.5, 0.6) is 0 Å². The Balaban J connectivity index is 2.83. The van der Waals surface area contributed by atoms with Crippen LogP contribution in [-0.4, -0.2) is 35.4 Å². The minimum Gasteiger partial charge on any atom is -0.498 e. The van der Waals surface area contributed by atoms with Gasteiger partial charge in [0.1, 0.15) is 5.60 Å². The van der Waals surface area contributed by atoms with E-state index in [1.54, 1.807) is 20.8 Å². The molecule has 0 unspecified atom stereocenters. The van der Waals surface area contributed by atoms with Crippen molar-refractivity contribution in [3.63, 3.8) is 0 Å². The maximum atomic E-state index is 12.1. The van der Waals surface area contributed by atoms with Crippen LogP contribution in [0, 0.1) is 5.92 Å². The number of rotatable bonds is 1. The molecule has 0 bridgehead atoms. The van der Waals surface area contributed by atoms with Gasteiger partial charge in [-0.3, -0.25) is 0 Å². The Morgan fingerprint density at radius 3 is 2.11 bits per heavy atom. The molecule has 0 aromatic heterocycles. The third kappa shape index (κ3) is 3.22. The van der Waals surface area contributed by atoms with Crippen LogP contribution in [0.15, 0.2) is 0 Å². The molecule has 1 aliphatic rings. The predicted octanol–water partition coefficient (Wildman–Crippen LogP) is 1.90. The number of hydrogen-bond acceptors (Lipinski definition) is 4. The highest BCUT2D eigenvalue weighted by Crippen LogP contribution is 2.28. The van der Waals surface area contributed by atoms with E-state index in [-0.39, 0.29) is 13.1 Å². The highest BCUT2D eigenvalue weighted by atomic mass is 16.6. The van der Waals surface area contributed by atoms with E-state index in [0.29, 0.717) is 5.92 Å². The van der Waals surface area contributed by atoms with E-state index < -0.39 is 22.3 Å². The summed E-state index contributed by atoms with van der Waals surface area (Å²) in [4.78, 5) is 23.5. The summed E-state index contributed by atoms with van der Waals surface area (Å²) >= 11 is 0. The number of likely N-dealkylation sites (tertiary alicyclic amines) is 1. The third-order valence-corrected chi connectivity index (χ3v) is 3.51. The molecule has 0 spiro atoms. The predicted molar refractivity (Wildman–Crippen MR) is 64.6 cm³/mol. The Bertz CT molecular complexity index is 324. The summed E-state index contributed by atoms with van der Waals surface area (Å²) in [6, 6.07) is 0. The van der Waals surface area contributed by atoms with Crippen LogP contribution in [0.3, 0.4) is 0 Å². The first-order chi connectivity index (χ1) is 8.21. The van der Waals surface area contributed by atoms with Gasteiger partial charge in [0.15, 0.2) is 0 Å². The van der Waals surface area contributed by atoms with E-state index in [9.17, 15) is 14.7 Å². The van der Waals surface area contributed by atoms with Crippen LogP contribution < -0.4 is 5.11 Å². The topological polar surface area (TPSA) is 66.4 Å². The van der Waals surface area contributed by atoms with Gasteiger partial charge in [-0.15, -0.1) is 0 Å². The maximum Gasteiger partial charge on any atom is 0.522 e. The van der Waals surface area contributed by atoms with E-state index >= 15 is 0 Å². The summed E-state index contributed by atoms with van der Waals surface area (Å²) in [6.45, 7) is 7.82. The van der Waals surface area contributed by atoms with Gasteiger partial charge in [-0.25, -0.2) is 0 Å². The van der Waals surface area contributed by atoms with Crippen LogP contribution in [0.2, 0.25) is 0 Å². The maximum absolute atomic E-state index is 12.1. The molecule has 1 saturated heterocycles. The van der Waals surface area contributed by atoms with Crippen molar-refractivity contribution >= 4 is 12.2 Å². The second kappa shape index (κ2) is 5.26. The van der Waals surface area contributed by atoms with Gasteiger partial charge in [0.25, 0.3) is 6.09 Å². The lowest BCUT2D eigenvalue weighted by atomic mass is 9.93. The van der Waals surface area contributed by atoms with Gasteiger partial charge in [-0.1, -0.05) is 13.3 Å². The molecule has 0 aliphatic carbocycles. The first-order valence-corrected chi connectivity index (χ1v) is 6.53. The van der Waals surface area contributed by atoms with Gasteiger partial charge in [-0.2, -0.15) is 9.28 Å². The Labute approximate surface area is 108 Å². The number of imide groups is 1. The number of carboxylic acid groups (broad SMARTS) is 1. The van der Waals surface area contributed by atoms with Crippen LogP contribution in [0.25, 0.3) is 0 Å². The molecule has 0 aromatic carbocycles. The standard InChI is InChI=1S/C13H23NO4/c1-5-10-6-8-14(9-7-10,11(15)16)12(17)18-13(2,3)4/h10H,5-9H2,1-4H3. The highest BCUT2D eigenvalue weighted by Gasteiger charge is 2.46. The second-order valence-electron chi connectivity index (χ2n) is 6.01. The number of piperidine rings is 1. The van der Waals surface area contributed by atoms with E-state index in [1.807, 2.05) is 0 Å². The minimum atomic E-state index is -1.35. The van der Waals surface area contributed by atoms with Crippen molar-refractivity contribution in [2.75, 3.05) is 13.1 Å². The number of hydrogen-bond donors (Lipinski definition) is 0. The van der Waals surface area contributed by atoms with E-state index in [0.717, 1.165) is 19.3 Å². The molecule has 2 amide bonds. The molecule has 5 heteroatoms. The lowest BCUT2D eigenvalue weighted by Gasteiger charge is -2.40. The number of nitrogens with zero attached hydrogens (tertiary/aromatic N) is 1.